The lowest BCUT2D eigenvalue weighted by molar-refractivity contribution is 0.0979. The van der Waals surface area contributed by atoms with Gasteiger partial charge in [-0.3, -0.25) is 9.59 Å². The van der Waals surface area contributed by atoms with Crippen LogP contribution in [0.4, 0.5) is 0 Å². The van der Waals surface area contributed by atoms with Crippen molar-refractivity contribution in [1.82, 2.24) is 0 Å². The first-order chi connectivity index (χ1) is 10.6. The molecule has 0 atom stereocenters. The van der Waals surface area contributed by atoms with Crippen LogP contribution in [0.3, 0.4) is 0 Å². The van der Waals surface area contributed by atoms with Gasteiger partial charge in [0, 0.05) is 22.3 Å². The van der Waals surface area contributed by atoms with Crippen LogP contribution in [0.2, 0.25) is 0 Å². The molecule has 112 valence electrons. The standard InChI is InChI=1S/C14H8O2.2C3H6/c15-13-9-5-1-2-6-10(9)14(16)12-8-4-3-7-11(12)13;2*1-3-2/h1-8H;2*3H,1H2,2H3. The summed E-state index contributed by atoms with van der Waals surface area (Å²) in [5, 5.41) is 0. The Morgan fingerprint density at radius 3 is 1.00 bits per heavy atom. The average Bonchev–Trinajstić information content (AvgIpc) is 2.54. The van der Waals surface area contributed by atoms with Gasteiger partial charge in [0.2, 0.25) is 0 Å². The number of ketones is 2. The Morgan fingerprint density at radius 1 is 0.636 bits per heavy atom. The van der Waals surface area contributed by atoms with Crippen LogP contribution >= 0.6 is 0 Å². The van der Waals surface area contributed by atoms with Crippen LogP contribution in [0.1, 0.15) is 45.7 Å². The first-order valence-electron chi connectivity index (χ1n) is 7.03. The van der Waals surface area contributed by atoms with Gasteiger partial charge in [-0.05, 0) is 13.8 Å². The van der Waals surface area contributed by atoms with Gasteiger partial charge in [0.15, 0.2) is 11.6 Å². The lowest BCUT2D eigenvalue weighted by Gasteiger charge is -2.16. The topological polar surface area (TPSA) is 34.1 Å². The molecule has 0 heterocycles. The normalized spacial score (nSPS) is 10.8. The van der Waals surface area contributed by atoms with Gasteiger partial charge in [-0.2, -0.15) is 0 Å². The minimum absolute atomic E-state index is 0.0641. The first-order valence-corrected chi connectivity index (χ1v) is 7.03. The quantitative estimate of drug-likeness (QED) is 0.555. The fourth-order valence-electron chi connectivity index (χ4n) is 2.05. The van der Waals surface area contributed by atoms with Crippen LogP contribution < -0.4 is 0 Å². The molecule has 0 aliphatic heterocycles. The molecular formula is C20H20O2. The van der Waals surface area contributed by atoms with Gasteiger partial charge in [-0.15, -0.1) is 13.2 Å². The zero-order valence-electron chi connectivity index (χ0n) is 13.0. The molecule has 1 aliphatic carbocycles. The maximum absolute atomic E-state index is 12.1. The Bertz CT molecular complexity index is 585. The first kappa shape index (κ1) is 17.3. The largest absolute Gasteiger partial charge is 0.289 e. The van der Waals surface area contributed by atoms with E-state index >= 15 is 0 Å². The highest BCUT2D eigenvalue weighted by Gasteiger charge is 2.28. The Kier molecular flexibility index (Phi) is 6.71. The molecule has 0 spiro atoms. The van der Waals surface area contributed by atoms with Crippen molar-refractivity contribution < 1.29 is 9.59 Å². The molecular weight excluding hydrogens is 272 g/mol. The molecule has 0 N–H and O–H groups in total. The molecule has 2 nitrogen and oxygen atoms in total. The molecule has 0 saturated carbocycles. The molecule has 2 heteroatoms. The fraction of sp³-hybridized carbons (Fsp3) is 0.100. The summed E-state index contributed by atoms with van der Waals surface area (Å²) < 4.78 is 0. The minimum atomic E-state index is -0.0641. The number of fused-ring (bicyclic) bond motifs is 2. The van der Waals surface area contributed by atoms with E-state index in [1.807, 2.05) is 13.8 Å². The molecule has 0 amide bonds. The van der Waals surface area contributed by atoms with Crippen molar-refractivity contribution in [2.45, 2.75) is 13.8 Å². The van der Waals surface area contributed by atoms with Crippen LogP contribution in [-0.4, -0.2) is 11.6 Å². The number of carbonyl (C=O) groups is 2. The van der Waals surface area contributed by atoms with Gasteiger partial charge in [0.25, 0.3) is 0 Å². The predicted molar refractivity (Wildman–Crippen MR) is 91.5 cm³/mol. The number of hydrogen-bond acceptors (Lipinski definition) is 2. The second-order valence-electron chi connectivity index (χ2n) is 4.57. The van der Waals surface area contributed by atoms with E-state index in [1.54, 1.807) is 60.7 Å². The van der Waals surface area contributed by atoms with Gasteiger partial charge >= 0.3 is 0 Å². The van der Waals surface area contributed by atoms with E-state index < -0.39 is 0 Å². The zero-order valence-corrected chi connectivity index (χ0v) is 13.0. The van der Waals surface area contributed by atoms with Crippen LogP contribution in [0, 0.1) is 0 Å². The summed E-state index contributed by atoms with van der Waals surface area (Å²) in [5.41, 5.74) is 2.02. The lowest BCUT2D eigenvalue weighted by Crippen LogP contribution is -2.20. The summed E-state index contributed by atoms with van der Waals surface area (Å²) in [6.07, 6.45) is 3.50. The summed E-state index contributed by atoms with van der Waals surface area (Å²) >= 11 is 0. The van der Waals surface area contributed by atoms with E-state index in [0.717, 1.165) is 0 Å². The Balaban J connectivity index is 0.000000353. The van der Waals surface area contributed by atoms with Crippen molar-refractivity contribution in [3.05, 3.63) is 96.1 Å². The molecule has 1 aliphatic rings. The fourth-order valence-corrected chi connectivity index (χ4v) is 2.05. The lowest BCUT2D eigenvalue weighted by atomic mass is 9.84. The van der Waals surface area contributed by atoms with Crippen molar-refractivity contribution in [3.63, 3.8) is 0 Å². The maximum Gasteiger partial charge on any atom is 0.194 e. The van der Waals surface area contributed by atoms with E-state index in [0.29, 0.717) is 22.3 Å². The summed E-state index contributed by atoms with van der Waals surface area (Å²) in [4.78, 5) is 24.2. The van der Waals surface area contributed by atoms with Crippen LogP contribution in [0.25, 0.3) is 0 Å². The van der Waals surface area contributed by atoms with Gasteiger partial charge in [-0.1, -0.05) is 60.7 Å². The highest BCUT2D eigenvalue weighted by Crippen LogP contribution is 2.26. The van der Waals surface area contributed by atoms with Crippen molar-refractivity contribution in [3.8, 4) is 0 Å². The Morgan fingerprint density at radius 2 is 0.818 bits per heavy atom. The van der Waals surface area contributed by atoms with Crippen molar-refractivity contribution >= 4 is 11.6 Å². The van der Waals surface area contributed by atoms with Crippen molar-refractivity contribution in [2.24, 2.45) is 0 Å². The SMILES string of the molecule is C=CC.C=CC.O=C1c2ccccc2C(=O)c2ccccc21. The third kappa shape index (κ3) is 3.67. The molecule has 0 saturated heterocycles. The Labute approximate surface area is 131 Å². The number of rotatable bonds is 0. The molecule has 0 bridgehead atoms. The average molecular weight is 292 g/mol. The van der Waals surface area contributed by atoms with Crippen molar-refractivity contribution in [1.29, 1.82) is 0 Å². The second-order valence-corrected chi connectivity index (χ2v) is 4.57. The third-order valence-electron chi connectivity index (χ3n) is 2.83. The summed E-state index contributed by atoms with van der Waals surface area (Å²) in [6, 6.07) is 13.9. The molecule has 2 aromatic rings. The van der Waals surface area contributed by atoms with E-state index in [1.165, 1.54) is 0 Å². The highest BCUT2D eigenvalue weighted by molar-refractivity contribution is 6.28. The number of allylic oxidation sites excluding steroid dienone is 2. The monoisotopic (exact) mass is 292 g/mol. The predicted octanol–water partition coefficient (Wildman–Crippen LogP) is 4.85. The van der Waals surface area contributed by atoms with Gasteiger partial charge in [0.1, 0.15) is 0 Å². The molecule has 0 unspecified atom stereocenters. The molecule has 3 rings (SSSR count). The van der Waals surface area contributed by atoms with Gasteiger partial charge in [0.05, 0.1) is 0 Å². The molecule has 0 radical (unpaired) electrons. The van der Waals surface area contributed by atoms with Gasteiger partial charge < -0.3 is 0 Å². The number of hydrogen-bond donors (Lipinski definition) is 0. The van der Waals surface area contributed by atoms with E-state index in [-0.39, 0.29) is 11.6 Å². The van der Waals surface area contributed by atoms with Crippen molar-refractivity contribution in [2.75, 3.05) is 0 Å². The maximum atomic E-state index is 12.1. The smallest absolute Gasteiger partial charge is 0.194 e. The molecule has 0 fully saturated rings. The molecule has 0 aromatic heterocycles. The van der Waals surface area contributed by atoms with Crippen LogP contribution in [-0.2, 0) is 0 Å². The number of carbonyl (C=O) groups excluding carboxylic acids is 2. The Hall–Kier alpha value is -2.74. The summed E-state index contributed by atoms with van der Waals surface area (Å²) in [7, 11) is 0. The highest BCUT2D eigenvalue weighted by atomic mass is 16.1. The molecule has 2 aromatic carbocycles. The zero-order chi connectivity index (χ0) is 16.5. The van der Waals surface area contributed by atoms with Crippen LogP contribution in [0.15, 0.2) is 73.8 Å². The van der Waals surface area contributed by atoms with Crippen LogP contribution in [0.5, 0.6) is 0 Å². The van der Waals surface area contributed by atoms with Gasteiger partial charge in [-0.25, -0.2) is 0 Å². The van der Waals surface area contributed by atoms with E-state index in [4.69, 9.17) is 0 Å². The molecule has 22 heavy (non-hydrogen) atoms. The van der Waals surface area contributed by atoms with E-state index in [9.17, 15) is 9.59 Å². The number of benzene rings is 2. The summed E-state index contributed by atoms with van der Waals surface area (Å²) in [6.45, 7) is 10.5. The summed E-state index contributed by atoms with van der Waals surface area (Å²) in [5.74, 6) is -0.128. The second kappa shape index (κ2) is 8.53. The van der Waals surface area contributed by atoms with E-state index in [2.05, 4.69) is 13.2 Å². The third-order valence-corrected chi connectivity index (χ3v) is 2.83. The minimum Gasteiger partial charge on any atom is -0.289 e.